The molecular weight excluding hydrogens is 312 g/mol. The van der Waals surface area contributed by atoms with Gasteiger partial charge in [-0.1, -0.05) is 38.1 Å². The Balaban J connectivity index is 1.57. The Bertz CT molecular complexity index is 753. The number of rotatable bonds is 2. The number of carbonyl (C=O) groups excluding carboxylic acids is 1. The van der Waals surface area contributed by atoms with E-state index in [4.69, 9.17) is 0 Å². The van der Waals surface area contributed by atoms with Gasteiger partial charge in [0.25, 0.3) is 0 Å². The molecule has 2 heterocycles. The molecule has 1 fully saturated rings. The zero-order valence-corrected chi connectivity index (χ0v) is 15.1. The second-order valence-corrected chi connectivity index (χ2v) is 8.02. The van der Waals surface area contributed by atoms with Crippen LogP contribution in [0.5, 0.6) is 0 Å². The lowest BCUT2D eigenvalue weighted by Gasteiger charge is -2.40. The summed E-state index contributed by atoms with van der Waals surface area (Å²) in [5.41, 5.74) is 2.72. The minimum absolute atomic E-state index is 0.00118. The van der Waals surface area contributed by atoms with Crippen LogP contribution < -0.4 is 0 Å². The maximum absolute atomic E-state index is 13.3. The summed E-state index contributed by atoms with van der Waals surface area (Å²) in [6.45, 7) is 6.17. The summed E-state index contributed by atoms with van der Waals surface area (Å²) in [6, 6.07) is 8.75. The van der Waals surface area contributed by atoms with E-state index in [0.717, 1.165) is 38.8 Å². The van der Waals surface area contributed by atoms with Crippen LogP contribution in [0.1, 0.15) is 62.6 Å². The van der Waals surface area contributed by atoms with Crippen LogP contribution in [-0.4, -0.2) is 38.7 Å². The first-order valence-electron chi connectivity index (χ1n) is 9.28. The number of hydrogen-bond acceptors (Lipinski definition) is 3. The molecule has 0 spiro atoms. The molecule has 5 heteroatoms. The third kappa shape index (κ3) is 2.96. The van der Waals surface area contributed by atoms with E-state index in [1.165, 1.54) is 11.1 Å². The van der Waals surface area contributed by atoms with Gasteiger partial charge < -0.3 is 4.90 Å². The average Bonchev–Trinajstić information content (AvgIpc) is 3.16. The molecule has 0 unspecified atom stereocenters. The molecule has 0 N–H and O–H groups in total. The van der Waals surface area contributed by atoms with Crippen molar-refractivity contribution in [2.24, 2.45) is 0 Å². The molecule has 0 bridgehead atoms. The molecule has 25 heavy (non-hydrogen) atoms. The highest BCUT2D eigenvalue weighted by Crippen LogP contribution is 2.43. The number of piperidine rings is 1. The lowest BCUT2D eigenvalue weighted by molar-refractivity contribution is -0.135. The Hall–Kier alpha value is -2.17. The fourth-order valence-corrected chi connectivity index (χ4v) is 4.47. The predicted molar refractivity (Wildman–Crippen MR) is 96.3 cm³/mol. The molecule has 1 aromatic carbocycles. The van der Waals surface area contributed by atoms with Gasteiger partial charge in [-0.25, -0.2) is 9.67 Å². The molecule has 2 atom stereocenters. The zero-order chi connectivity index (χ0) is 17.4. The summed E-state index contributed by atoms with van der Waals surface area (Å²) >= 11 is 0. The second-order valence-electron chi connectivity index (χ2n) is 8.02. The number of carbonyl (C=O) groups is 1. The van der Waals surface area contributed by atoms with Crippen molar-refractivity contribution in [3.05, 3.63) is 48.0 Å². The number of likely N-dealkylation sites (tertiary alicyclic amines) is 1. The Morgan fingerprint density at radius 1 is 1.24 bits per heavy atom. The van der Waals surface area contributed by atoms with E-state index in [2.05, 4.69) is 53.1 Å². The van der Waals surface area contributed by atoms with Crippen molar-refractivity contribution in [3.8, 4) is 0 Å². The number of hydrogen-bond donors (Lipinski definition) is 0. The lowest BCUT2D eigenvalue weighted by Crippen LogP contribution is -2.44. The minimum Gasteiger partial charge on any atom is -0.340 e. The van der Waals surface area contributed by atoms with Gasteiger partial charge in [0, 0.05) is 13.1 Å². The van der Waals surface area contributed by atoms with E-state index in [0.29, 0.717) is 0 Å². The monoisotopic (exact) mass is 338 g/mol. The first-order valence-corrected chi connectivity index (χ1v) is 9.28. The Kier molecular flexibility index (Phi) is 4.10. The number of fused-ring (bicyclic) bond motifs is 1. The Labute approximate surface area is 149 Å². The Morgan fingerprint density at radius 2 is 2.08 bits per heavy atom. The van der Waals surface area contributed by atoms with Gasteiger partial charge in [0.2, 0.25) is 5.91 Å². The van der Waals surface area contributed by atoms with Gasteiger partial charge in [0.15, 0.2) is 0 Å². The maximum atomic E-state index is 13.3. The van der Waals surface area contributed by atoms with Crippen molar-refractivity contribution in [1.29, 1.82) is 0 Å². The van der Waals surface area contributed by atoms with Crippen LogP contribution in [0.4, 0.5) is 0 Å². The zero-order valence-electron chi connectivity index (χ0n) is 15.1. The Morgan fingerprint density at radius 3 is 2.88 bits per heavy atom. The molecule has 1 aliphatic heterocycles. The third-order valence-corrected chi connectivity index (χ3v) is 5.94. The first-order chi connectivity index (χ1) is 12.1. The SMILES string of the molecule is CC1(C)CC[C@H](C(=O)N2CCC[C@H](n3cncn3)C2)c2ccccc21. The van der Waals surface area contributed by atoms with Crippen LogP contribution in [0.25, 0.3) is 0 Å². The van der Waals surface area contributed by atoms with Crippen LogP contribution >= 0.6 is 0 Å². The first kappa shape index (κ1) is 16.3. The van der Waals surface area contributed by atoms with Crippen molar-refractivity contribution >= 4 is 5.91 Å². The average molecular weight is 338 g/mol. The van der Waals surface area contributed by atoms with Crippen LogP contribution in [0, 0.1) is 0 Å². The highest BCUT2D eigenvalue weighted by Gasteiger charge is 2.38. The quantitative estimate of drug-likeness (QED) is 0.844. The third-order valence-electron chi connectivity index (χ3n) is 5.94. The number of nitrogens with zero attached hydrogens (tertiary/aromatic N) is 4. The smallest absolute Gasteiger partial charge is 0.230 e. The van der Waals surface area contributed by atoms with Gasteiger partial charge in [-0.05, 0) is 42.2 Å². The van der Waals surface area contributed by atoms with Crippen molar-refractivity contribution in [3.63, 3.8) is 0 Å². The van der Waals surface area contributed by atoms with Crippen LogP contribution in [0.15, 0.2) is 36.9 Å². The topological polar surface area (TPSA) is 51.0 Å². The molecule has 2 aliphatic rings. The summed E-state index contributed by atoms with van der Waals surface area (Å²) in [5, 5.41) is 4.27. The fourth-order valence-electron chi connectivity index (χ4n) is 4.47. The predicted octanol–water partition coefficient (Wildman–Crippen LogP) is 3.30. The summed E-state index contributed by atoms with van der Waals surface area (Å²) in [4.78, 5) is 19.4. The summed E-state index contributed by atoms with van der Waals surface area (Å²) in [6.07, 6.45) is 7.41. The van der Waals surface area contributed by atoms with Crippen LogP contribution in [0.2, 0.25) is 0 Å². The largest absolute Gasteiger partial charge is 0.340 e. The fraction of sp³-hybridized carbons (Fsp3) is 0.550. The molecule has 0 radical (unpaired) electrons. The van der Waals surface area contributed by atoms with E-state index in [1.807, 2.05) is 4.68 Å². The normalized spacial score (nSPS) is 25.4. The highest BCUT2D eigenvalue weighted by atomic mass is 16.2. The van der Waals surface area contributed by atoms with Crippen molar-refractivity contribution in [1.82, 2.24) is 19.7 Å². The molecule has 5 nitrogen and oxygen atoms in total. The summed E-state index contributed by atoms with van der Waals surface area (Å²) < 4.78 is 1.90. The second kappa shape index (κ2) is 6.28. The lowest BCUT2D eigenvalue weighted by atomic mass is 9.68. The maximum Gasteiger partial charge on any atom is 0.230 e. The van der Waals surface area contributed by atoms with Gasteiger partial charge in [0.1, 0.15) is 12.7 Å². The number of aromatic nitrogens is 3. The standard InChI is InChI=1S/C20H26N4O/c1-20(2)10-9-17(16-7-3-4-8-18(16)20)19(25)23-11-5-6-15(12-23)24-14-21-13-22-24/h3-4,7-8,13-15,17H,5-6,9-12H2,1-2H3/t15-,17-/m0/s1. The number of benzene rings is 1. The summed E-state index contributed by atoms with van der Waals surface area (Å²) in [7, 11) is 0. The molecule has 2 aromatic rings. The molecule has 1 aliphatic carbocycles. The van der Waals surface area contributed by atoms with Gasteiger partial charge >= 0.3 is 0 Å². The van der Waals surface area contributed by atoms with E-state index < -0.39 is 0 Å². The van der Waals surface area contributed by atoms with Crippen LogP contribution in [0.3, 0.4) is 0 Å². The van der Waals surface area contributed by atoms with E-state index >= 15 is 0 Å². The van der Waals surface area contributed by atoms with E-state index in [9.17, 15) is 4.79 Å². The van der Waals surface area contributed by atoms with E-state index in [-0.39, 0.29) is 23.3 Å². The van der Waals surface area contributed by atoms with Gasteiger partial charge in [-0.3, -0.25) is 4.79 Å². The molecule has 4 rings (SSSR count). The molecule has 132 valence electrons. The van der Waals surface area contributed by atoms with E-state index in [1.54, 1.807) is 12.7 Å². The molecule has 1 aromatic heterocycles. The van der Waals surface area contributed by atoms with Crippen molar-refractivity contribution < 1.29 is 4.79 Å². The molecule has 1 saturated heterocycles. The summed E-state index contributed by atoms with van der Waals surface area (Å²) in [5.74, 6) is 0.284. The van der Waals surface area contributed by atoms with Crippen LogP contribution in [-0.2, 0) is 10.2 Å². The van der Waals surface area contributed by atoms with Gasteiger partial charge in [-0.15, -0.1) is 0 Å². The molecular formula is C20H26N4O. The van der Waals surface area contributed by atoms with Gasteiger partial charge in [-0.2, -0.15) is 5.10 Å². The molecule has 1 amide bonds. The van der Waals surface area contributed by atoms with Gasteiger partial charge in [0.05, 0.1) is 12.0 Å². The highest BCUT2D eigenvalue weighted by molar-refractivity contribution is 5.84. The van der Waals surface area contributed by atoms with Crippen molar-refractivity contribution in [2.45, 2.75) is 56.9 Å². The molecule has 0 saturated carbocycles. The minimum atomic E-state index is -0.00118. The van der Waals surface area contributed by atoms with Crippen molar-refractivity contribution in [2.75, 3.05) is 13.1 Å². The number of amides is 1.